The van der Waals surface area contributed by atoms with E-state index in [9.17, 15) is 0 Å². The Morgan fingerprint density at radius 1 is 0.710 bits per heavy atom. The number of benzene rings is 2. The van der Waals surface area contributed by atoms with Crippen molar-refractivity contribution in [2.45, 2.75) is 38.5 Å². The van der Waals surface area contributed by atoms with Crippen molar-refractivity contribution in [1.82, 2.24) is 10.6 Å². The molecule has 0 fully saturated rings. The molecule has 0 bridgehead atoms. The number of hydrogen-bond donors (Lipinski definition) is 2. The van der Waals surface area contributed by atoms with Gasteiger partial charge in [0.05, 0.1) is 19.2 Å². The highest BCUT2D eigenvalue weighted by atomic mass is 35.5. The summed E-state index contributed by atoms with van der Waals surface area (Å²) in [7, 11) is 3.24. The topological polar surface area (TPSA) is 42.5 Å². The average Bonchev–Trinajstić information content (AvgIpc) is 2.74. The number of nitrogens with one attached hydrogen (secondary N) is 2. The Morgan fingerprint density at radius 2 is 1.29 bits per heavy atom. The van der Waals surface area contributed by atoms with E-state index in [1.54, 1.807) is 14.2 Å². The lowest BCUT2D eigenvalue weighted by Crippen LogP contribution is -2.19. The minimum atomic E-state index is 0. The second-order valence-electron chi connectivity index (χ2n) is 7.21. The molecule has 7 heteroatoms. The van der Waals surface area contributed by atoms with Gasteiger partial charge in [0.15, 0.2) is 11.5 Å². The SMILES string of the molecule is COc1cc(CCNCCCCCCNCCc2ccccc2)cc(Cl)c1OC.Cl.Cl. The highest BCUT2D eigenvalue weighted by Crippen LogP contribution is 2.36. The molecule has 2 rings (SSSR count). The van der Waals surface area contributed by atoms with Crippen molar-refractivity contribution >= 4 is 36.4 Å². The molecule has 0 saturated carbocycles. The number of ether oxygens (including phenoxy) is 2. The molecule has 0 saturated heterocycles. The quantitative estimate of drug-likeness (QED) is 0.312. The van der Waals surface area contributed by atoms with Crippen LogP contribution in [0.15, 0.2) is 42.5 Å². The van der Waals surface area contributed by atoms with Crippen LogP contribution < -0.4 is 20.1 Å². The Kier molecular flexibility index (Phi) is 17.7. The van der Waals surface area contributed by atoms with Gasteiger partial charge < -0.3 is 20.1 Å². The molecule has 0 heterocycles. The fourth-order valence-corrected chi connectivity index (χ4v) is 3.64. The van der Waals surface area contributed by atoms with E-state index in [-0.39, 0.29) is 24.8 Å². The number of halogens is 3. The minimum absolute atomic E-state index is 0. The third kappa shape index (κ3) is 11.9. The molecule has 2 N–H and O–H groups in total. The molecule has 0 aromatic heterocycles. The lowest BCUT2D eigenvalue weighted by molar-refractivity contribution is 0.354. The van der Waals surface area contributed by atoms with Crippen molar-refractivity contribution < 1.29 is 9.47 Å². The van der Waals surface area contributed by atoms with E-state index in [4.69, 9.17) is 21.1 Å². The molecule has 31 heavy (non-hydrogen) atoms. The standard InChI is InChI=1S/C24H35ClN2O2.2ClH/c1-28-23-19-21(18-22(25)24(23)29-2)13-17-27-15-9-4-3-8-14-26-16-12-20-10-6-5-7-11-20;;/h5-7,10-11,18-19,26-27H,3-4,8-9,12-17H2,1-2H3;2*1H. The molecule has 0 aliphatic rings. The van der Waals surface area contributed by atoms with Crippen molar-refractivity contribution in [2.75, 3.05) is 40.4 Å². The Labute approximate surface area is 205 Å². The molecule has 0 aliphatic heterocycles. The van der Waals surface area contributed by atoms with E-state index in [1.807, 2.05) is 12.1 Å². The van der Waals surface area contributed by atoms with Crippen molar-refractivity contribution in [1.29, 1.82) is 0 Å². The summed E-state index contributed by atoms with van der Waals surface area (Å²) >= 11 is 6.26. The number of unbranched alkanes of at least 4 members (excludes halogenated alkanes) is 3. The maximum absolute atomic E-state index is 6.26. The second kappa shape index (κ2) is 18.4. The molecule has 0 amide bonds. The number of hydrogen-bond acceptors (Lipinski definition) is 4. The Bertz CT molecular complexity index is 703. The highest BCUT2D eigenvalue weighted by molar-refractivity contribution is 6.32. The molecule has 4 nitrogen and oxygen atoms in total. The summed E-state index contributed by atoms with van der Waals surface area (Å²) in [6.45, 7) is 4.17. The zero-order valence-corrected chi connectivity index (χ0v) is 21.0. The van der Waals surface area contributed by atoms with Gasteiger partial charge in [0.25, 0.3) is 0 Å². The van der Waals surface area contributed by atoms with Crippen LogP contribution in [0.1, 0.15) is 36.8 Å². The largest absolute Gasteiger partial charge is 0.493 e. The van der Waals surface area contributed by atoms with E-state index in [1.165, 1.54) is 31.2 Å². The van der Waals surface area contributed by atoms with Gasteiger partial charge in [-0.15, -0.1) is 24.8 Å². The fraction of sp³-hybridized carbons (Fsp3) is 0.500. The van der Waals surface area contributed by atoms with E-state index in [2.05, 4.69) is 41.0 Å². The predicted octanol–water partition coefficient (Wildman–Crippen LogP) is 5.73. The van der Waals surface area contributed by atoms with Crippen LogP contribution in [0.4, 0.5) is 0 Å². The minimum Gasteiger partial charge on any atom is -0.493 e. The van der Waals surface area contributed by atoms with Crippen LogP contribution in [0.3, 0.4) is 0 Å². The first-order valence-electron chi connectivity index (χ1n) is 10.6. The molecule has 0 aliphatic carbocycles. The molecular formula is C24H37Cl3N2O2. The van der Waals surface area contributed by atoms with Gasteiger partial charge in [0.2, 0.25) is 0 Å². The average molecular weight is 492 g/mol. The molecule has 0 atom stereocenters. The van der Waals surface area contributed by atoms with E-state index in [0.717, 1.165) is 44.6 Å². The van der Waals surface area contributed by atoms with Crippen LogP contribution in [0.25, 0.3) is 0 Å². The van der Waals surface area contributed by atoms with Gasteiger partial charge in [0.1, 0.15) is 0 Å². The summed E-state index contributed by atoms with van der Waals surface area (Å²) in [5.74, 6) is 1.29. The summed E-state index contributed by atoms with van der Waals surface area (Å²) in [5.41, 5.74) is 2.56. The lowest BCUT2D eigenvalue weighted by atomic mass is 10.1. The van der Waals surface area contributed by atoms with E-state index >= 15 is 0 Å². The Hall–Kier alpha value is -1.17. The number of rotatable bonds is 15. The van der Waals surface area contributed by atoms with E-state index in [0.29, 0.717) is 16.5 Å². The van der Waals surface area contributed by atoms with E-state index < -0.39 is 0 Å². The normalized spacial score (nSPS) is 10.2. The number of methoxy groups -OCH3 is 2. The molecule has 2 aromatic carbocycles. The van der Waals surface area contributed by atoms with Gasteiger partial charge in [-0.3, -0.25) is 0 Å². The third-order valence-corrected chi connectivity index (χ3v) is 5.25. The first-order chi connectivity index (χ1) is 14.2. The first-order valence-corrected chi connectivity index (χ1v) is 11.0. The molecule has 0 radical (unpaired) electrons. The summed E-state index contributed by atoms with van der Waals surface area (Å²) in [6, 6.07) is 14.6. The lowest BCUT2D eigenvalue weighted by Gasteiger charge is -2.12. The highest BCUT2D eigenvalue weighted by Gasteiger charge is 2.10. The van der Waals surface area contributed by atoms with Gasteiger partial charge in [-0.2, -0.15) is 0 Å². The van der Waals surface area contributed by atoms with Gasteiger partial charge >= 0.3 is 0 Å². The Morgan fingerprint density at radius 3 is 1.84 bits per heavy atom. The summed E-state index contributed by atoms with van der Waals surface area (Å²) < 4.78 is 10.6. The van der Waals surface area contributed by atoms with Crippen LogP contribution in [-0.2, 0) is 12.8 Å². The summed E-state index contributed by atoms with van der Waals surface area (Å²) in [6.07, 6.45) is 7.05. The first kappa shape index (κ1) is 29.8. The van der Waals surface area contributed by atoms with Crippen LogP contribution in [0, 0.1) is 0 Å². The van der Waals surface area contributed by atoms with Crippen molar-refractivity contribution in [3.8, 4) is 11.5 Å². The van der Waals surface area contributed by atoms with Gasteiger partial charge in [-0.1, -0.05) is 54.8 Å². The van der Waals surface area contributed by atoms with Crippen molar-refractivity contribution in [3.63, 3.8) is 0 Å². The van der Waals surface area contributed by atoms with Gasteiger partial charge in [-0.05, 0) is 75.1 Å². The summed E-state index contributed by atoms with van der Waals surface area (Å²) in [4.78, 5) is 0. The Balaban J connectivity index is 0.00000450. The smallest absolute Gasteiger partial charge is 0.179 e. The maximum Gasteiger partial charge on any atom is 0.179 e. The zero-order valence-electron chi connectivity index (χ0n) is 18.6. The second-order valence-corrected chi connectivity index (χ2v) is 7.62. The van der Waals surface area contributed by atoms with Crippen LogP contribution in [0.5, 0.6) is 11.5 Å². The van der Waals surface area contributed by atoms with Crippen LogP contribution in [-0.4, -0.2) is 40.4 Å². The van der Waals surface area contributed by atoms with Crippen LogP contribution in [0.2, 0.25) is 5.02 Å². The summed E-state index contributed by atoms with van der Waals surface area (Å²) in [5, 5.41) is 7.65. The van der Waals surface area contributed by atoms with Crippen molar-refractivity contribution in [2.24, 2.45) is 0 Å². The monoisotopic (exact) mass is 490 g/mol. The maximum atomic E-state index is 6.26. The molecular weight excluding hydrogens is 455 g/mol. The van der Waals surface area contributed by atoms with Gasteiger partial charge in [-0.25, -0.2) is 0 Å². The fourth-order valence-electron chi connectivity index (χ4n) is 3.33. The van der Waals surface area contributed by atoms with Gasteiger partial charge in [0, 0.05) is 0 Å². The van der Waals surface area contributed by atoms with Crippen molar-refractivity contribution in [3.05, 3.63) is 58.6 Å². The zero-order chi connectivity index (χ0) is 20.7. The molecule has 2 aromatic rings. The third-order valence-electron chi connectivity index (χ3n) is 4.97. The van der Waals surface area contributed by atoms with Crippen LogP contribution >= 0.6 is 36.4 Å². The molecule has 0 unspecified atom stereocenters. The predicted molar refractivity (Wildman–Crippen MR) is 137 cm³/mol. The molecule has 0 spiro atoms. The molecule has 176 valence electrons.